The number of aryl methyl sites for hydroxylation is 2. The highest BCUT2D eigenvalue weighted by atomic mass is 32.2. The third-order valence-corrected chi connectivity index (χ3v) is 4.60. The van der Waals surface area contributed by atoms with Crippen LogP contribution in [0, 0.1) is 0 Å². The zero-order valence-corrected chi connectivity index (χ0v) is 14.5. The molecule has 6 heteroatoms. The van der Waals surface area contributed by atoms with Crippen molar-refractivity contribution < 1.29 is 13.2 Å². The molecule has 5 nitrogen and oxygen atoms in total. The summed E-state index contributed by atoms with van der Waals surface area (Å²) in [7, 11) is -3.68. The first-order chi connectivity index (χ1) is 11.4. The lowest BCUT2D eigenvalue weighted by atomic mass is 10.1. The Morgan fingerprint density at radius 1 is 0.958 bits per heavy atom. The van der Waals surface area contributed by atoms with Crippen molar-refractivity contribution in [1.29, 1.82) is 0 Å². The van der Waals surface area contributed by atoms with Gasteiger partial charge in [-0.15, -0.1) is 0 Å². The number of hydrogen-bond donors (Lipinski definition) is 2. The van der Waals surface area contributed by atoms with Gasteiger partial charge in [0.1, 0.15) is 0 Å². The number of nitrogens with two attached hydrogens (primary N) is 1. The van der Waals surface area contributed by atoms with E-state index in [1.54, 1.807) is 12.1 Å². The Hall–Kier alpha value is -2.18. The molecule has 0 atom stereocenters. The average Bonchev–Trinajstić information content (AvgIpc) is 2.55. The number of carbonyl (C=O) groups excluding carboxylic acids is 1. The van der Waals surface area contributed by atoms with Crippen molar-refractivity contribution in [2.24, 2.45) is 5.14 Å². The molecule has 0 heterocycles. The van der Waals surface area contributed by atoms with Crippen molar-refractivity contribution in [3.8, 4) is 0 Å². The van der Waals surface area contributed by atoms with Crippen molar-refractivity contribution in [2.75, 3.05) is 5.32 Å². The summed E-state index contributed by atoms with van der Waals surface area (Å²) in [5.41, 5.74) is 2.92. The highest BCUT2D eigenvalue weighted by molar-refractivity contribution is 7.89. The molecule has 0 fully saturated rings. The lowest BCUT2D eigenvalue weighted by Crippen LogP contribution is -2.13. The van der Waals surface area contributed by atoms with Crippen LogP contribution < -0.4 is 10.5 Å². The Balaban J connectivity index is 1.86. The first-order valence-electron chi connectivity index (χ1n) is 7.89. The fraction of sp³-hybridized carbons (Fsp3) is 0.278. The van der Waals surface area contributed by atoms with Crippen LogP contribution in [-0.2, 0) is 27.7 Å². The molecule has 1 amide bonds. The van der Waals surface area contributed by atoms with E-state index in [1.807, 2.05) is 24.3 Å². The second kappa shape index (κ2) is 8.08. The molecule has 0 aliphatic heterocycles. The number of carbonyl (C=O) groups is 1. The maximum absolute atomic E-state index is 12.0. The highest BCUT2D eigenvalue weighted by Gasteiger charge is 2.08. The number of sulfonamides is 1. The van der Waals surface area contributed by atoms with Crippen LogP contribution in [0.2, 0.25) is 0 Å². The number of amides is 1. The van der Waals surface area contributed by atoms with Crippen molar-refractivity contribution in [1.82, 2.24) is 0 Å². The Bertz CT molecular complexity index is 782. The molecular formula is C18H22N2O3S. The van der Waals surface area contributed by atoms with Crippen LogP contribution in [0.4, 0.5) is 5.69 Å². The normalized spacial score (nSPS) is 11.2. The summed E-state index contributed by atoms with van der Waals surface area (Å²) < 4.78 is 22.4. The molecule has 3 N–H and O–H groups in total. The predicted molar refractivity (Wildman–Crippen MR) is 95.2 cm³/mol. The van der Waals surface area contributed by atoms with Gasteiger partial charge in [0.05, 0.1) is 4.90 Å². The Labute approximate surface area is 142 Å². The first kappa shape index (κ1) is 18.2. The zero-order chi connectivity index (χ0) is 17.6. The van der Waals surface area contributed by atoms with E-state index in [2.05, 4.69) is 12.2 Å². The van der Waals surface area contributed by atoms with Crippen LogP contribution in [0.15, 0.2) is 53.4 Å². The molecule has 0 radical (unpaired) electrons. The van der Waals surface area contributed by atoms with Crippen LogP contribution in [0.3, 0.4) is 0 Å². The molecule has 2 aromatic rings. The largest absolute Gasteiger partial charge is 0.326 e. The maximum atomic E-state index is 12.0. The van der Waals surface area contributed by atoms with Gasteiger partial charge < -0.3 is 5.32 Å². The lowest BCUT2D eigenvalue weighted by Gasteiger charge is -2.07. The van der Waals surface area contributed by atoms with Gasteiger partial charge in [0.2, 0.25) is 15.9 Å². The second-order valence-corrected chi connectivity index (χ2v) is 7.25. The van der Waals surface area contributed by atoms with E-state index < -0.39 is 10.0 Å². The van der Waals surface area contributed by atoms with Gasteiger partial charge in [-0.3, -0.25) is 4.79 Å². The van der Waals surface area contributed by atoms with E-state index in [0.717, 1.165) is 24.1 Å². The minimum atomic E-state index is -3.68. The van der Waals surface area contributed by atoms with E-state index in [4.69, 9.17) is 5.14 Å². The highest BCUT2D eigenvalue weighted by Crippen LogP contribution is 2.13. The van der Waals surface area contributed by atoms with Crippen LogP contribution >= 0.6 is 0 Å². The minimum Gasteiger partial charge on any atom is -0.326 e. The Kier molecular flexibility index (Phi) is 6.11. The maximum Gasteiger partial charge on any atom is 0.238 e. The summed E-state index contributed by atoms with van der Waals surface area (Å²) in [5, 5.41) is 7.91. The monoisotopic (exact) mass is 346 g/mol. The fourth-order valence-corrected chi connectivity index (χ4v) is 2.89. The number of rotatable bonds is 7. The molecule has 0 aliphatic carbocycles. The van der Waals surface area contributed by atoms with Crippen LogP contribution in [0.1, 0.15) is 30.9 Å². The van der Waals surface area contributed by atoms with Crippen molar-refractivity contribution in [2.45, 2.75) is 37.5 Å². The molecule has 0 spiro atoms. The molecule has 2 rings (SSSR count). The topological polar surface area (TPSA) is 89.3 Å². The van der Waals surface area contributed by atoms with Crippen molar-refractivity contribution in [3.05, 3.63) is 59.7 Å². The molecule has 0 saturated heterocycles. The number of hydrogen-bond acceptors (Lipinski definition) is 3. The molecule has 128 valence electrons. The first-order valence-corrected chi connectivity index (χ1v) is 9.43. The lowest BCUT2D eigenvalue weighted by molar-refractivity contribution is -0.116. The molecule has 24 heavy (non-hydrogen) atoms. The summed E-state index contributed by atoms with van der Waals surface area (Å²) in [4.78, 5) is 12.1. The third-order valence-electron chi connectivity index (χ3n) is 3.67. The van der Waals surface area contributed by atoms with E-state index >= 15 is 0 Å². The minimum absolute atomic E-state index is 0.0721. The quantitative estimate of drug-likeness (QED) is 0.808. The smallest absolute Gasteiger partial charge is 0.238 e. The van der Waals surface area contributed by atoms with Gasteiger partial charge in [0.25, 0.3) is 0 Å². The number of benzene rings is 2. The summed E-state index contributed by atoms with van der Waals surface area (Å²) in [6.45, 7) is 2.13. The summed E-state index contributed by atoms with van der Waals surface area (Å²) >= 11 is 0. The van der Waals surface area contributed by atoms with Gasteiger partial charge in [-0.2, -0.15) is 0 Å². The van der Waals surface area contributed by atoms with Crippen LogP contribution in [0.25, 0.3) is 0 Å². The van der Waals surface area contributed by atoms with Crippen LogP contribution in [0.5, 0.6) is 0 Å². The zero-order valence-electron chi connectivity index (χ0n) is 13.7. The second-order valence-electron chi connectivity index (χ2n) is 5.68. The molecule has 2 aromatic carbocycles. The average molecular weight is 346 g/mol. The molecule has 0 unspecified atom stereocenters. The van der Waals surface area contributed by atoms with Crippen molar-refractivity contribution in [3.63, 3.8) is 0 Å². The van der Waals surface area contributed by atoms with Gasteiger partial charge in [0, 0.05) is 12.1 Å². The van der Waals surface area contributed by atoms with E-state index in [1.165, 1.54) is 17.7 Å². The molecule has 0 saturated carbocycles. The Morgan fingerprint density at radius 2 is 1.50 bits per heavy atom. The molecule has 0 bridgehead atoms. The summed E-state index contributed by atoms with van der Waals surface area (Å²) in [6, 6.07) is 14.1. The van der Waals surface area contributed by atoms with Crippen LogP contribution in [-0.4, -0.2) is 14.3 Å². The standard InChI is InChI=1S/C18H22N2O3S/c1-2-3-14-4-9-16(10-5-14)20-18(21)13-8-15-6-11-17(12-7-15)24(19,22)23/h4-7,9-12H,2-3,8,13H2,1H3,(H,20,21)(H2,19,22,23). The molecular weight excluding hydrogens is 324 g/mol. The van der Waals surface area contributed by atoms with Gasteiger partial charge in [-0.1, -0.05) is 37.6 Å². The SMILES string of the molecule is CCCc1ccc(NC(=O)CCc2ccc(S(N)(=O)=O)cc2)cc1. The van der Waals surface area contributed by atoms with E-state index in [-0.39, 0.29) is 10.8 Å². The summed E-state index contributed by atoms with van der Waals surface area (Å²) in [5.74, 6) is -0.0752. The van der Waals surface area contributed by atoms with E-state index in [0.29, 0.717) is 12.8 Å². The van der Waals surface area contributed by atoms with Crippen molar-refractivity contribution >= 4 is 21.6 Å². The fourth-order valence-electron chi connectivity index (χ4n) is 2.37. The third kappa shape index (κ3) is 5.47. The Morgan fingerprint density at radius 3 is 2.04 bits per heavy atom. The number of nitrogens with one attached hydrogen (secondary N) is 1. The number of anilines is 1. The van der Waals surface area contributed by atoms with Gasteiger partial charge in [0.15, 0.2) is 0 Å². The number of primary sulfonamides is 1. The molecule has 0 aromatic heterocycles. The van der Waals surface area contributed by atoms with E-state index in [9.17, 15) is 13.2 Å². The molecule has 0 aliphatic rings. The van der Waals surface area contributed by atoms with Gasteiger partial charge >= 0.3 is 0 Å². The predicted octanol–water partition coefficient (Wildman–Crippen LogP) is 2.86. The van der Waals surface area contributed by atoms with Gasteiger partial charge in [-0.05, 0) is 48.2 Å². The van der Waals surface area contributed by atoms with Gasteiger partial charge in [-0.25, -0.2) is 13.6 Å². The summed E-state index contributed by atoms with van der Waals surface area (Å²) in [6.07, 6.45) is 2.98.